The molecule has 152 valence electrons. The predicted octanol–water partition coefficient (Wildman–Crippen LogP) is 3.07. The summed E-state index contributed by atoms with van der Waals surface area (Å²) in [6.45, 7) is 3.77. The smallest absolute Gasteiger partial charge is 0.346 e. The lowest BCUT2D eigenvalue weighted by Crippen LogP contribution is -2.44. The molecule has 10 heteroatoms. The normalized spacial score (nSPS) is 17.6. The number of amides is 1. The molecule has 0 saturated carbocycles. The molecule has 0 saturated heterocycles. The van der Waals surface area contributed by atoms with Crippen LogP contribution < -0.4 is 11.1 Å². The van der Waals surface area contributed by atoms with Gasteiger partial charge in [-0.15, -0.1) is 0 Å². The summed E-state index contributed by atoms with van der Waals surface area (Å²) in [5, 5.41) is 3.29. The van der Waals surface area contributed by atoms with E-state index >= 15 is 0 Å². The van der Waals surface area contributed by atoms with Crippen LogP contribution in [0.3, 0.4) is 0 Å². The van der Waals surface area contributed by atoms with Crippen LogP contribution in [0.1, 0.15) is 29.8 Å². The summed E-state index contributed by atoms with van der Waals surface area (Å²) < 4.78 is 10.3. The number of anilines is 1. The molecule has 0 unspecified atom stereocenters. The van der Waals surface area contributed by atoms with E-state index in [0.717, 1.165) is 23.5 Å². The van der Waals surface area contributed by atoms with Crippen LogP contribution in [0.2, 0.25) is 0 Å². The van der Waals surface area contributed by atoms with E-state index in [1.54, 1.807) is 12.1 Å². The summed E-state index contributed by atoms with van der Waals surface area (Å²) in [5.74, 6) is -1.84. The number of carbonyl (C=O) groups is 3. The molecule has 0 atom stereocenters. The van der Waals surface area contributed by atoms with Crippen molar-refractivity contribution in [3.8, 4) is 0 Å². The molecule has 2 aliphatic heterocycles. The van der Waals surface area contributed by atoms with Gasteiger partial charge >= 0.3 is 11.9 Å². The molecule has 1 aromatic carbocycles. The Morgan fingerprint density at radius 2 is 1.62 bits per heavy atom. The van der Waals surface area contributed by atoms with Crippen molar-refractivity contribution in [3.63, 3.8) is 0 Å². The largest absolute Gasteiger partial charge is 0.465 e. The maximum absolute atomic E-state index is 12.2. The third-order valence-corrected chi connectivity index (χ3v) is 7.65. The van der Waals surface area contributed by atoms with E-state index in [-0.39, 0.29) is 9.81 Å². The second kappa shape index (κ2) is 7.85. The van der Waals surface area contributed by atoms with Crippen LogP contribution in [-0.4, -0.2) is 42.5 Å². The van der Waals surface area contributed by atoms with E-state index in [1.807, 2.05) is 19.9 Å². The Bertz CT molecular complexity index is 997. The van der Waals surface area contributed by atoms with Gasteiger partial charge in [0, 0.05) is 16.0 Å². The predicted molar refractivity (Wildman–Crippen MR) is 118 cm³/mol. The van der Waals surface area contributed by atoms with E-state index in [9.17, 15) is 14.4 Å². The maximum atomic E-state index is 12.2. The van der Waals surface area contributed by atoms with Crippen LogP contribution in [0.4, 0.5) is 5.69 Å². The molecule has 3 rings (SSSR count). The molecule has 2 aliphatic rings. The Balaban J connectivity index is 2.23. The molecule has 29 heavy (non-hydrogen) atoms. The van der Waals surface area contributed by atoms with Gasteiger partial charge in [-0.1, -0.05) is 47.9 Å². The quantitative estimate of drug-likeness (QED) is 0.408. The van der Waals surface area contributed by atoms with Gasteiger partial charge in [-0.25, -0.2) is 9.59 Å². The Kier molecular flexibility index (Phi) is 5.79. The van der Waals surface area contributed by atoms with Crippen molar-refractivity contribution in [1.29, 1.82) is 0 Å². The van der Waals surface area contributed by atoms with Crippen LogP contribution in [0.5, 0.6) is 0 Å². The standard InChI is InChI=1S/C19H18N2O5S3/c1-19(2)14(27)10(8-6-5-7-9(15(20)22)11(8)21-19)18-28-12(16(23)25-3)13(29-18)17(24)26-4/h5-7,21H,1-4H3,(H2,20,22). The lowest BCUT2D eigenvalue weighted by atomic mass is 9.84. The third kappa shape index (κ3) is 3.67. The molecule has 2 heterocycles. The highest BCUT2D eigenvalue weighted by molar-refractivity contribution is 8.29. The zero-order valence-corrected chi connectivity index (χ0v) is 18.5. The molecule has 0 bridgehead atoms. The minimum Gasteiger partial charge on any atom is -0.465 e. The van der Waals surface area contributed by atoms with Crippen molar-refractivity contribution in [2.75, 3.05) is 19.5 Å². The molecule has 0 radical (unpaired) electrons. The van der Waals surface area contributed by atoms with Crippen molar-refractivity contribution in [3.05, 3.63) is 43.4 Å². The van der Waals surface area contributed by atoms with Gasteiger partial charge in [0.25, 0.3) is 5.91 Å². The first kappa shape index (κ1) is 21.4. The van der Waals surface area contributed by atoms with Crippen LogP contribution in [-0.2, 0) is 19.1 Å². The van der Waals surface area contributed by atoms with E-state index in [0.29, 0.717) is 31.5 Å². The number of fused-ring (bicyclic) bond motifs is 1. The topological polar surface area (TPSA) is 108 Å². The van der Waals surface area contributed by atoms with Crippen molar-refractivity contribution in [2.45, 2.75) is 19.4 Å². The molecule has 0 fully saturated rings. The van der Waals surface area contributed by atoms with Crippen LogP contribution >= 0.6 is 35.7 Å². The average Bonchev–Trinajstić information content (AvgIpc) is 3.11. The first-order chi connectivity index (χ1) is 13.6. The SMILES string of the molecule is COC(=O)C1=C(C(=O)OC)SC(=C2C(=S)C(C)(C)Nc3c(C(N)=O)cccc32)S1. The molecule has 0 aliphatic carbocycles. The number of hydrogen-bond acceptors (Lipinski definition) is 9. The fraction of sp³-hybridized carbons (Fsp3) is 0.263. The summed E-state index contributed by atoms with van der Waals surface area (Å²) in [7, 11) is 2.49. The number of thiocarbonyl (C=S) groups is 1. The molecule has 0 spiro atoms. The summed E-state index contributed by atoms with van der Waals surface area (Å²) in [4.78, 5) is 37.2. The van der Waals surface area contributed by atoms with E-state index in [1.165, 1.54) is 14.2 Å². The zero-order valence-electron chi connectivity index (χ0n) is 16.1. The number of esters is 2. The molecule has 1 aromatic rings. The summed E-state index contributed by atoms with van der Waals surface area (Å²) in [6, 6.07) is 5.16. The fourth-order valence-corrected chi connectivity index (χ4v) is 5.96. The van der Waals surface area contributed by atoms with Crippen molar-refractivity contribution in [1.82, 2.24) is 0 Å². The number of benzene rings is 1. The highest BCUT2D eigenvalue weighted by atomic mass is 32.2. The van der Waals surface area contributed by atoms with Gasteiger partial charge in [0.05, 0.1) is 35.2 Å². The van der Waals surface area contributed by atoms with Gasteiger partial charge in [0.15, 0.2) is 0 Å². The number of ether oxygens (including phenoxy) is 2. The highest BCUT2D eigenvalue weighted by Gasteiger charge is 2.41. The maximum Gasteiger partial charge on any atom is 0.346 e. The molecule has 3 N–H and O–H groups in total. The summed E-state index contributed by atoms with van der Waals surface area (Å²) >= 11 is 7.94. The first-order valence-corrected chi connectivity index (χ1v) is 10.4. The lowest BCUT2D eigenvalue weighted by molar-refractivity contribution is -0.138. The number of rotatable bonds is 3. The van der Waals surface area contributed by atoms with Crippen LogP contribution in [0.25, 0.3) is 5.57 Å². The zero-order chi connectivity index (χ0) is 21.5. The van der Waals surface area contributed by atoms with Gasteiger partial charge < -0.3 is 20.5 Å². The van der Waals surface area contributed by atoms with E-state index < -0.39 is 23.4 Å². The Labute approximate surface area is 181 Å². The lowest BCUT2D eigenvalue weighted by Gasteiger charge is -2.37. The Morgan fingerprint density at radius 3 is 2.10 bits per heavy atom. The molecule has 7 nitrogen and oxygen atoms in total. The minimum atomic E-state index is -0.670. The van der Waals surface area contributed by atoms with Gasteiger partial charge in [0.1, 0.15) is 9.81 Å². The van der Waals surface area contributed by atoms with Gasteiger partial charge in [-0.2, -0.15) is 0 Å². The number of para-hydroxylation sites is 1. The summed E-state index contributed by atoms with van der Waals surface area (Å²) in [5.41, 5.74) is 7.12. The van der Waals surface area contributed by atoms with E-state index in [4.69, 9.17) is 27.4 Å². The number of thioether (sulfide) groups is 2. The third-order valence-electron chi connectivity index (χ3n) is 4.37. The monoisotopic (exact) mass is 450 g/mol. The second-order valence-electron chi connectivity index (χ2n) is 6.68. The average molecular weight is 451 g/mol. The Morgan fingerprint density at radius 1 is 1.07 bits per heavy atom. The van der Waals surface area contributed by atoms with Crippen LogP contribution in [0.15, 0.2) is 32.2 Å². The molecular formula is C19H18N2O5S3. The van der Waals surface area contributed by atoms with Gasteiger partial charge in [-0.3, -0.25) is 4.79 Å². The van der Waals surface area contributed by atoms with Crippen LogP contribution in [0, 0.1) is 0 Å². The van der Waals surface area contributed by atoms with Crippen molar-refractivity contribution in [2.24, 2.45) is 5.73 Å². The number of nitrogens with one attached hydrogen (secondary N) is 1. The molecule has 0 aromatic heterocycles. The molecule has 1 amide bonds. The highest BCUT2D eigenvalue weighted by Crippen LogP contribution is 2.55. The van der Waals surface area contributed by atoms with E-state index in [2.05, 4.69) is 5.32 Å². The number of methoxy groups -OCH3 is 2. The number of nitrogens with two attached hydrogens (primary N) is 1. The number of hydrogen-bond donors (Lipinski definition) is 2. The minimum absolute atomic E-state index is 0.138. The number of primary amides is 1. The number of carbonyl (C=O) groups excluding carboxylic acids is 3. The fourth-order valence-electron chi connectivity index (χ4n) is 2.96. The molecular weight excluding hydrogens is 432 g/mol. The van der Waals surface area contributed by atoms with Gasteiger partial charge in [0.2, 0.25) is 0 Å². The van der Waals surface area contributed by atoms with Crippen molar-refractivity contribution >= 4 is 69.7 Å². The van der Waals surface area contributed by atoms with Crippen molar-refractivity contribution < 1.29 is 23.9 Å². The Hall–Kier alpha value is -2.30. The first-order valence-electron chi connectivity index (χ1n) is 8.39. The summed E-state index contributed by atoms with van der Waals surface area (Å²) in [6.07, 6.45) is 0. The van der Waals surface area contributed by atoms with Gasteiger partial charge in [-0.05, 0) is 19.9 Å². The second-order valence-corrected chi connectivity index (χ2v) is 9.39.